The van der Waals surface area contributed by atoms with Gasteiger partial charge in [-0.3, -0.25) is 14.9 Å². The Morgan fingerprint density at radius 1 is 1.45 bits per heavy atom. The fourth-order valence-corrected chi connectivity index (χ4v) is 2.08. The summed E-state index contributed by atoms with van der Waals surface area (Å²) in [4.78, 5) is 22.6. The van der Waals surface area contributed by atoms with Gasteiger partial charge in [-0.1, -0.05) is 18.2 Å². The topological polar surface area (TPSA) is 97.4 Å². The lowest BCUT2D eigenvalue weighted by Gasteiger charge is -2.13. The Hall–Kier alpha value is -2.41. The van der Waals surface area contributed by atoms with Crippen molar-refractivity contribution in [3.05, 3.63) is 44.7 Å². The van der Waals surface area contributed by atoms with Crippen molar-refractivity contribution in [3.63, 3.8) is 0 Å². The molecular weight excluding hydrogens is 262 g/mol. The monoisotopic (exact) mass is 277 g/mol. The minimum absolute atomic E-state index is 0.123. The number of aliphatic hydroxyl groups excluding tert-OH is 1. The third kappa shape index (κ3) is 2.35. The molecule has 106 valence electrons. The number of aliphatic hydroxyl groups is 1. The van der Waals surface area contributed by atoms with Crippen molar-refractivity contribution >= 4 is 22.3 Å². The number of nitrogens with one attached hydrogen (secondary N) is 1. The van der Waals surface area contributed by atoms with Crippen LogP contribution in [0.25, 0.3) is 10.9 Å². The smallest absolute Gasteiger partial charge is 0.357 e. The third-order valence-electron chi connectivity index (χ3n) is 3.04. The van der Waals surface area contributed by atoms with Crippen LogP contribution >= 0.6 is 0 Å². The van der Waals surface area contributed by atoms with Crippen molar-refractivity contribution in [2.75, 3.05) is 11.9 Å². The van der Waals surface area contributed by atoms with Crippen LogP contribution in [0.2, 0.25) is 0 Å². The van der Waals surface area contributed by atoms with E-state index in [4.69, 9.17) is 0 Å². The summed E-state index contributed by atoms with van der Waals surface area (Å²) in [6.45, 7) is 1.68. The number of pyridine rings is 1. The van der Waals surface area contributed by atoms with Crippen molar-refractivity contribution in [2.45, 2.75) is 13.0 Å². The molecule has 0 fully saturated rings. The average Bonchev–Trinajstić information content (AvgIpc) is 2.40. The molecule has 1 aromatic carbocycles. The number of nitro groups is 1. The van der Waals surface area contributed by atoms with Gasteiger partial charge in [-0.15, -0.1) is 0 Å². The molecule has 0 aliphatic rings. The van der Waals surface area contributed by atoms with E-state index in [9.17, 15) is 20.0 Å². The molecule has 1 heterocycles. The van der Waals surface area contributed by atoms with Crippen LogP contribution in [-0.4, -0.2) is 27.2 Å². The number of para-hydroxylation sites is 1. The van der Waals surface area contributed by atoms with Gasteiger partial charge in [0.25, 0.3) is 0 Å². The lowest BCUT2D eigenvalue weighted by molar-refractivity contribution is -0.385. The summed E-state index contributed by atoms with van der Waals surface area (Å²) in [5.41, 5.74) is -0.445. The first-order chi connectivity index (χ1) is 9.43. The molecule has 1 unspecified atom stereocenters. The predicted molar refractivity (Wildman–Crippen MR) is 76.0 cm³/mol. The summed E-state index contributed by atoms with van der Waals surface area (Å²) in [5.74, 6) is 0. The maximum absolute atomic E-state index is 12.1. The molecule has 2 aromatic rings. The number of aryl methyl sites for hydroxylation is 1. The Bertz CT molecular complexity index is 721. The lowest BCUT2D eigenvalue weighted by atomic mass is 10.1. The van der Waals surface area contributed by atoms with Gasteiger partial charge in [-0.2, -0.15) is 0 Å². The standard InChI is InChI=1S/C13H15N3O4/c1-8(17)7-14-11-9-5-3-4-6-10(9)15(2)13(18)12(11)16(19)20/h3-6,8,14,17H,7H2,1-2H3. The molecule has 0 saturated carbocycles. The minimum atomic E-state index is -0.695. The molecule has 0 radical (unpaired) electrons. The Labute approximate surface area is 114 Å². The quantitative estimate of drug-likeness (QED) is 0.647. The largest absolute Gasteiger partial charge is 0.392 e. The highest BCUT2D eigenvalue weighted by molar-refractivity contribution is 5.96. The SMILES string of the molecule is CC(O)CNc1c([N+](=O)[O-])c(=O)n(C)c2ccccc12. The summed E-state index contributed by atoms with van der Waals surface area (Å²) in [6.07, 6.45) is -0.683. The van der Waals surface area contributed by atoms with Gasteiger partial charge in [-0.05, 0) is 13.0 Å². The molecule has 2 N–H and O–H groups in total. The second-order valence-corrected chi connectivity index (χ2v) is 4.59. The molecule has 0 aliphatic heterocycles. The molecule has 0 aliphatic carbocycles. The van der Waals surface area contributed by atoms with E-state index >= 15 is 0 Å². The highest BCUT2D eigenvalue weighted by atomic mass is 16.6. The fraction of sp³-hybridized carbons (Fsp3) is 0.308. The van der Waals surface area contributed by atoms with Crippen LogP contribution in [-0.2, 0) is 7.05 Å². The van der Waals surface area contributed by atoms with Crippen LogP contribution in [0.5, 0.6) is 0 Å². The number of benzene rings is 1. The molecular formula is C13H15N3O4. The Kier molecular flexibility index (Phi) is 3.71. The van der Waals surface area contributed by atoms with Crippen LogP contribution in [0, 0.1) is 10.1 Å². The van der Waals surface area contributed by atoms with E-state index in [-0.39, 0.29) is 12.2 Å². The van der Waals surface area contributed by atoms with Gasteiger partial charge < -0.3 is 15.0 Å². The predicted octanol–water partition coefficient (Wildman–Crippen LogP) is 1.24. The van der Waals surface area contributed by atoms with E-state index in [1.165, 1.54) is 11.6 Å². The Morgan fingerprint density at radius 2 is 2.10 bits per heavy atom. The normalized spacial score (nSPS) is 12.3. The number of hydrogen-bond acceptors (Lipinski definition) is 5. The number of aromatic nitrogens is 1. The van der Waals surface area contributed by atoms with Crippen LogP contribution in [0.15, 0.2) is 29.1 Å². The van der Waals surface area contributed by atoms with Gasteiger partial charge in [0.2, 0.25) is 0 Å². The van der Waals surface area contributed by atoms with Gasteiger partial charge in [-0.25, -0.2) is 0 Å². The van der Waals surface area contributed by atoms with Gasteiger partial charge in [0.05, 0.1) is 16.5 Å². The fourth-order valence-electron chi connectivity index (χ4n) is 2.08. The maximum atomic E-state index is 12.1. The maximum Gasteiger partial charge on any atom is 0.357 e. The van der Waals surface area contributed by atoms with Crippen molar-refractivity contribution in [2.24, 2.45) is 7.05 Å². The second kappa shape index (κ2) is 5.30. The molecule has 7 heteroatoms. The van der Waals surface area contributed by atoms with Gasteiger partial charge in [0, 0.05) is 19.0 Å². The van der Waals surface area contributed by atoms with Crippen molar-refractivity contribution in [1.29, 1.82) is 0 Å². The van der Waals surface area contributed by atoms with E-state index in [0.717, 1.165) is 0 Å². The molecule has 1 aromatic heterocycles. The number of nitrogens with zero attached hydrogens (tertiary/aromatic N) is 2. The van der Waals surface area contributed by atoms with Gasteiger partial charge in [0.15, 0.2) is 0 Å². The number of hydrogen-bond donors (Lipinski definition) is 2. The minimum Gasteiger partial charge on any atom is -0.392 e. The third-order valence-corrected chi connectivity index (χ3v) is 3.04. The van der Waals surface area contributed by atoms with E-state index < -0.39 is 22.3 Å². The van der Waals surface area contributed by atoms with Crippen molar-refractivity contribution < 1.29 is 10.0 Å². The second-order valence-electron chi connectivity index (χ2n) is 4.59. The Morgan fingerprint density at radius 3 is 2.70 bits per heavy atom. The van der Waals surface area contributed by atoms with Crippen molar-refractivity contribution in [3.8, 4) is 0 Å². The van der Waals surface area contributed by atoms with Crippen molar-refractivity contribution in [1.82, 2.24) is 4.57 Å². The van der Waals surface area contributed by atoms with Crippen LogP contribution in [0.4, 0.5) is 11.4 Å². The first-order valence-corrected chi connectivity index (χ1v) is 6.11. The zero-order valence-corrected chi connectivity index (χ0v) is 11.2. The zero-order chi connectivity index (χ0) is 14.9. The molecule has 0 bridgehead atoms. The summed E-state index contributed by atoms with van der Waals surface area (Å²) >= 11 is 0. The number of fused-ring (bicyclic) bond motifs is 1. The molecule has 0 saturated heterocycles. The molecule has 0 amide bonds. The highest BCUT2D eigenvalue weighted by Crippen LogP contribution is 2.29. The summed E-state index contributed by atoms with van der Waals surface area (Å²) in [5, 5.41) is 23.9. The van der Waals surface area contributed by atoms with E-state index in [2.05, 4.69) is 5.32 Å². The first kappa shape index (κ1) is 14.0. The summed E-state index contributed by atoms with van der Waals surface area (Å²) in [7, 11) is 1.50. The number of rotatable bonds is 4. The summed E-state index contributed by atoms with van der Waals surface area (Å²) < 4.78 is 1.25. The van der Waals surface area contributed by atoms with E-state index in [0.29, 0.717) is 10.9 Å². The molecule has 1 atom stereocenters. The van der Waals surface area contributed by atoms with Gasteiger partial charge in [0.1, 0.15) is 5.69 Å². The van der Waals surface area contributed by atoms with Crippen LogP contribution in [0.3, 0.4) is 0 Å². The molecule has 20 heavy (non-hydrogen) atoms. The van der Waals surface area contributed by atoms with E-state index in [1.54, 1.807) is 31.2 Å². The number of anilines is 1. The summed E-state index contributed by atoms with van der Waals surface area (Å²) in [6, 6.07) is 6.91. The average molecular weight is 277 g/mol. The van der Waals surface area contributed by atoms with Crippen LogP contribution in [0.1, 0.15) is 6.92 Å². The molecule has 2 rings (SSSR count). The Balaban J connectivity index is 2.79. The van der Waals surface area contributed by atoms with Crippen LogP contribution < -0.4 is 10.9 Å². The molecule has 7 nitrogen and oxygen atoms in total. The first-order valence-electron chi connectivity index (χ1n) is 6.11. The zero-order valence-electron chi connectivity index (χ0n) is 11.2. The van der Waals surface area contributed by atoms with E-state index in [1.807, 2.05) is 0 Å². The highest BCUT2D eigenvalue weighted by Gasteiger charge is 2.24. The molecule has 0 spiro atoms. The lowest BCUT2D eigenvalue weighted by Crippen LogP contribution is -2.24. The van der Waals surface area contributed by atoms with Gasteiger partial charge >= 0.3 is 11.2 Å².